The number of pyridine rings is 1. The Morgan fingerprint density at radius 3 is 2.13 bits per heavy atom. The van der Waals surface area contributed by atoms with Crippen molar-refractivity contribution in [3.05, 3.63) is 111 Å². The minimum Gasteiger partial charge on any atom is -0.478 e. The molecule has 0 aliphatic carbocycles. The van der Waals surface area contributed by atoms with Gasteiger partial charge in [-0.1, -0.05) is 35.9 Å². The first-order chi connectivity index (χ1) is 25.1. The van der Waals surface area contributed by atoms with E-state index in [0.717, 1.165) is 0 Å². The van der Waals surface area contributed by atoms with Gasteiger partial charge in [0.25, 0.3) is 5.91 Å². The first-order valence-electron chi connectivity index (χ1n) is 16.8. The third-order valence-electron chi connectivity index (χ3n) is 8.80. The highest BCUT2D eigenvalue weighted by Crippen LogP contribution is 2.32. The highest BCUT2D eigenvalue weighted by Gasteiger charge is 2.37. The Hall–Kier alpha value is -5.34. The van der Waals surface area contributed by atoms with Gasteiger partial charge in [-0.05, 0) is 72.5 Å². The van der Waals surface area contributed by atoms with Crippen LogP contribution in [0, 0.1) is 18.6 Å². The zero-order valence-electron chi connectivity index (χ0n) is 30.5. The van der Waals surface area contributed by atoms with Gasteiger partial charge in [-0.3, -0.25) is 19.3 Å². The quantitative estimate of drug-likeness (QED) is 0.283. The average molecular weight is 753 g/mol. The van der Waals surface area contributed by atoms with Crippen molar-refractivity contribution in [2.75, 3.05) is 50.2 Å². The number of nitrogens with zero attached hydrogens (tertiary/aromatic N) is 5. The topological polar surface area (TPSA) is 136 Å². The van der Waals surface area contributed by atoms with E-state index in [1.54, 1.807) is 43.1 Å². The lowest BCUT2D eigenvalue weighted by molar-refractivity contribution is -0.137. The molecule has 1 aromatic heterocycles. The number of hydrogen-bond acceptors (Lipinski definition) is 8. The van der Waals surface area contributed by atoms with Crippen molar-refractivity contribution < 1.29 is 37.8 Å². The molecule has 0 saturated carbocycles. The number of ether oxygens (including phenoxy) is 1. The van der Waals surface area contributed by atoms with Crippen LogP contribution < -0.4 is 15.1 Å². The van der Waals surface area contributed by atoms with Gasteiger partial charge < -0.3 is 29.9 Å². The summed E-state index contributed by atoms with van der Waals surface area (Å²) in [6.45, 7) is 9.16. The monoisotopic (exact) mass is 752 g/mol. The molecule has 2 aliphatic rings. The van der Waals surface area contributed by atoms with Gasteiger partial charge in [0, 0.05) is 54.1 Å². The maximum absolute atomic E-state index is 13.4. The number of halogens is 3. The molecule has 1 fully saturated rings. The first kappa shape index (κ1) is 40.4. The van der Waals surface area contributed by atoms with Gasteiger partial charge >= 0.3 is 5.97 Å². The number of carbonyl (C=O) groups excluding carboxylic acids is 3. The lowest BCUT2D eigenvalue weighted by Gasteiger charge is -2.41. The van der Waals surface area contributed by atoms with Crippen LogP contribution in [0.25, 0.3) is 0 Å². The van der Waals surface area contributed by atoms with Crippen LogP contribution >= 0.6 is 11.6 Å². The fourth-order valence-corrected chi connectivity index (χ4v) is 6.16. The third-order valence-corrected chi connectivity index (χ3v) is 9.13. The number of anilines is 2. The number of carboxylic acid groups (broad SMARTS) is 1. The van der Waals surface area contributed by atoms with Crippen LogP contribution in [0.15, 0.2) is 77.0 Å². The highest BCUT2D eigenvalue weighted by atomic mass is 35.5. The van der Waals surface area contributed by atoms with Crippen molar-refractivity contribution >= 4 is 46.9 Å². The van der Waals surface area contributed by atoms with E-state index >= 15 is 0 Å². The maximum atomic E-state index is 13.4. The number of carboxylic acids is 1. The molecule has 0 spiro atoms. The van der Waals surface area contributed by atoms with Crippen LogP contribution in [-0.4, -0.2) is 90.1 Å². The lowest BCUT2D eigenvalue weighted by atomic mass is 10.0. The second-order valence-electron chi connectivity index (χ2n) is 12.6. The summed E-state index contributed by atoms with van der Waals surface area (Å²) in [5.41, 5.74) is 2.84. The van der Waals surface area contributed by atoms with Gasteiger partial charge in [-0.15, -0.1) is 0 Å². The molecule has 3 amide bonds. The Kier molecular flexibility index (Phi) is 13.7. The van der Waals surface area contributed by atoms with Crippen molar-refractivity contribution in [3.63, 3.8) is 0 Å². The maximum Gasteiger partial charge on any atom is 0.335 e. The molecule has 3 heterocycles. The molecule has 1 saturated heterocycles. The minimum absolute atomic E-state index is 0.0634. The number of hydrogen-bond donors (Lipinski definition) is 2. The number of carbonyl (C=O) groups is 4. The van der Waals surface area contributed by atoms with Crippen molar-refractivity contribution in [1.29, 1.82) is 0 Å². The number of rotatable bonds is 9. The fourth-order valence-electron chi connectivity index (χ4n) is 5.85. The molecule has 53 heavy (non-hydrogen) atoms. The molecule has 2 aromatic carbocycles. The molecule has 1 atom stereocenters. The summed E-state index contributed by atoms with van der Waals surface area (Å²) in [5, 5.41) is 12.7. The standard InChI is InChI=1S/C21H25FN4O3.C17H18ClFN2O3/c1-14-11-18(26-7-9-29-10-8-26)24-20(25(3)15(2)27)19(14)21(28)23-13-16-5-4-6-17(22)12-16;1-10-7-14(18)21(9-12-5-4-6-13(19)8-12)16(15(10)17(23)24)20(3)11(2)22/h4-6,11-12H,7-10,13H2,1-3H3,(H,23,28);4-8,16H,9H2,1-3H3,(H,23,24). The first-order valence-corrected chi connectivity index (χ1v) is 17.1. The molecule has 3 aromatic rings. The molecule has 15 heteroatoms. The van der Waals surface area contributed by atoms with E-state index in [2.05, 4.69) is 15.2 Å². The molecule has 2 aliphatic heterocycles. The van der Waals surface area contributed by atoms with Gasteiger partial charge in [-0.25, -0.2) is 18.6 Å². The summed E-state index contributed by atoms with van der Waals surface area (Å²) < 4.78 is 32.2. The van der Waals surface area contributed by atoms with Crippen LogP contribution in [-0.2, 0) is 32.2 Å². The number of allylic oxidation sites excluding steroid dienone is 2. The van der Waals surface area contributed by atoms with E-state index in [0.29, 0.717) is 70.9 Å². The van der Waals surface area contributed by atoms with Crippen LogP contribution in [0.3, 0.4) is 0 Å². The summed E-state index contributed by atoms with van der Waals surface area (Å²) in [4.78, 5) is 59.4. The molecule has 12 nitrogen and oxygen atoms in total. The van der Waals surface area contributed by atoms with Gasteiger partial charge in [0.15, 0.2) is 0 Å². The predicted octanol–water partition coefficient (Wildman–Crippen LogP) is 5.21. The molecule has 2 N–H and O–H groups in total. The van der Waals surface area contributed by atoms with Crippen LogP contribution in [0.5, 0.6) is 0 Å². The molecule has 282 valence electrons. The predicted molar refractivity (Wildman–Crippen MR) is 197 cm³/mol. The summed E-state index contributed by atoms with van der Waals surface area (Å²) in [6.07, 6.45) is 0.662. The number of amides is 3. The lowest BCUT2D eigenvalue weighted by Crippen LogP contribution is -2.51. The number of aliphatic carboxylic acids is 1. The van der Waals surface area contributed by atoms with E-state index in [-0.39, 0.29) is 42.2 Å². The number of nitrogens with one attached hydrogen (secondary N) is 1. The average Bonchev–Trinajstić information content (AvgIpc) is 3.11. The Morgan fingerprint density at radius 2 is 1.57 bits per heavy atom. The normalized spacial score (nSPS) is 15.6. The number of benzene rings is 2. The Bertz CT molecular complexity index is 1930. The summed E-state index contributed by atoms with van der Waals surface area (Å²) in [7, 11) is 3.10. The Morgan fingerprint density at radius 1 is 0.962 bits per heavy atom. The highest BCUT2D eigenvalue weighted by molar-refractivity contribution is 6.29. The van der Waals surface area contributed by atoms with E-state index in [4.69, 9.17) is 16.3 Å². The van der Waals surface area contributed by atoms with Gasteiger partial charge in [0.05, 0.1) is 24.4 Å². The molecular weight excluding hydrogens is 710 g/mol. The van der Waals surface area contributed by atoms with Gasteiger partial charge in [0.1, 0.15) is 34.6 Å². The number of aromatic nitrogens is 1. The van der Waals surface area contributed by atoms with Crippen molar-refractivity contribution in [1.82, 2.24) is 20.1 Å². The largest absolute Gasteiger partial charge is 0.478 e. The van der Waals surface area contributed by atoms with Crippen LogP contribution in [0.4, 0.5) is 20.4 Å². The van der Waals surface area contributed by atoms with Gasteiger partial charge in [-0.2, -0.15) is 0 Å². The SMILES string of the molecule is CC(=O)N(C)C1C(C(=O)O)=C(C)C=C(Cl)N1Cc1cccc(F)c1.CC(=O)N(C)c1nc(N2CCOCC2)cc(C)c1C(=O)NCc1cccc(F)c1. The number of aryl methyl sites for hydroxylation is 1. The third kappa shape index (κ3) is 10.2. The molecule has 0 bridgehead atoms. The smallest absolute Gasteiger partial charge is 0.335 e. The second-order valence-corrected chi connectivity index (χ2v) is 13.0. The van der Waals surface area contributed by atoms with Crippen LogP contribution in [0.2, 0.25) is 0 Å². The van der Waals surface area contributed by atoms with E-state index in [1.807, 2.05) is 13.0 Å². The van der Waals surface area contributed by atoms with Crippen LogP contribution in [0.1, 0.15) is 47.8 Å². The van der Waals surface area contributed by atoms with Crippen molar-refractivity contribution in [2.24, 2.45) is 0 Å². The fraction of sp³-hybridized carbons (Fsp3) is 0.342. The second kappa shape index (κ2) is 17.9. The van der Waals surface area contributed by atoms with Crippen molar-refractivity contribution in [2.45, 2.75) is 47.0 Å². The number of morpholine rings is 1. The van der Waals surface area contributed by atoms with E-state index in [1.165, 1.54) is 61.0 Å². The van der Waals surface area contributed by atoms with E-state index < -0.39 is 18.0 Å². The van der Waals surface area contributed by atoms with Crippen molar-refractivity contribution in [3.8, 4) is 0 Å². The molecule has 0 radical (unpaired) electrons. The molecular formula is C38H43ClF2N6O6. The summed E-state index contributed by atoms with van der Waals surface area (Å²) in [6, 6.07) is 13.8. The zero-order chi connectivity index (χ0) is 39.0. The summed E-state index contributed by atoms with van der Waals surface area (Å²) >= 11 is 6.31. The molecule has 1 unspecified atom stereocenters. The van der Waals surface area contributed by atoms with E-state index in [9.17, 15) is 33.1 Å². The van der Waals surface area contributed by atoms with Gasteiger partial charge in [0.2, 0.25) is 11.8 Å². The Balaban J connectivity index is 0.000000241. The Labute approximate surface area is 312 Å². The number of likely N-dealkylation sites (N-methyl/N-ethyl adjacent to an activating group) is 1. The zero-order valence-corrected chi connectivity index (χ0v) is 31.2. The molecule has 5 rings (SSSR count). The minimum atomic E-state index is -1.13. The summed E-state index contributed by atoms with van der Waals surface area (Å²) in [5.74, 6) is -1.78.